The summed E-state index contributed by atoms with van der Waals surface area (Å²) in [4.78, 5) is 0. The molecule has 2 saturated carbocycles. The molecule has 0 aromatic rings. The second-order valence-corrected chi connectivity index (χ2v) is 6.48. The Hall–Kier alpha value is -0.300. The number of hydrogen-bond acceptors (Lipinski definition) is 1. The van der Waals surface area contributed by atoms with Crippen LogP contribution in [0, 0.1) is 23.7 Å². The molecular formula is C15H24O. The highest BCUT2D eigenvalue weighted by Crippen LogP contribution is 2.64. The van der Waals surface area contributed by atoms with Gasteiger partial charge in [-0.25, -0.2) is 0 Å². The lowest BCUT2D eigenvalue weighted by Gasteiger charge is -2.23. The molecule has 1 saturated heterocycles. The van der Waals surface area contributed by atoms with Gasteiger partial charge in [0.1, 0.15) is 5.60 Å². The number of rotatable bonds is 1. The standard InChI is InChI=1S/C15H24O/c1-9(2)12-7-5-10(3)13-8-6-11(4)15(13)14(12)16-15/h10-14H,1,5-8H2,2-4H3/t10-,11-,12+,13-,14+,15-/m1/s1. The first-order valence-corrected chi connectivity index (χ1v) is 6.90. The third-order valence-corrected chi connectivity index (χ3v) is 5.60. The van der Waals surface area contributed by atoms with E-state index >= 15 is 0 Å². The van der Waals surface area contributed by atoms with Crippen molar-refractivity contribution in [1.29, 1.82) is 0 Å². The van der Waals surface area contributed by atoms with Crippen LogP contribution in [0.5, 0.6) is 0 Å². The first kappa shape index (κ1) is 10.8. The number of epoxide rings is 1. The smallest absolute Gasteiger partial charge is 0.101 e. The van der Waals surface area contributed by atoms with E-state index in [-0.39, 0.29) is 5.60 Å². The van der Waals surface area contributed by atoms with Crippen molar-refractivity contribution in [2.45, 2.75) is 58.2 Å². The molecule has 16 heavy (non-hydrogen) atoms. The Morgan fingerprint density at radius 3 is 2.62 bits per heavy atom. The SMILES string of the molecule is C=C(C)[C@@H]1CC[C@@H](C)[C@H]2CC[C@@H](C)[C@@]23O[C@@H]13. The minimum atomic E-state index is 0.263. The van der Waals surface area contributed by atoms with Gasteiger partial charge in [-0.15, -0.1) is 0 Å². The predicted molar refractivity (Wildman–Crippen MR) is 66.2 cm³/mol. The summed E-state index contributed by atoms with van der Waals surface area (Å²) < 4.78 is 6.27. The van der Waals surface area contributed by atoms with E-state index in [1.807, 2.05) is 0 Å². The normalized spacial score (nSPS) is 55.1. The van der Waals surface area contributed by atoms with E-state index in [4.69, 9.17) is 4.74 Å². The van der Waals surface area contributed by atoms with Crippen molar-refractivity contribution in [3.63, 3.8) is 0 Å². The maximum absolute atomic E-state index is 6.27. The largest absolute Gasteiger partial charge is 0.365 e. The second kappa shape index (κ2) is 3.35. The molecule has 0 aromatic heterocycles. The van der Waals surface area contributed by atoms with Crippen molar-refractivity contribution >= 4 is 0 Å². The summed E-state index contributed by atoms with van der Waals surface area (Å²) >= 11 is 0. The van der Waals surface area contributed by atoms with Crippen LogP contribution < -0.4 is 0 Å². The van der Waals surface area contributed by atoms with Crippen molar-refractivity contribution < 1.29 is 4.74 Å². The molecule has 1 heteroatoms. The molecule has 1 spiro atoms. The van der Waals surface area contributed by atoms with Gasteiger partial charge in [-0.05, 0) is 50.4 Å². The summed E-state index contributed by atoms with van der Waals surface area (Å²) in [6.07, 6.45) is 5.94. The average molecular weight is 220 g/mol. The van der Waals surface area contributed by atoms with Crippen molar-refractivity contribution in [3.05, 3.63) is 12.2 Å². The fraction of sp³-hybridized carbons (Fsp3) is 0.867. The van der Waals surface area contributed by atoms with E-state index in [1.165, 1.54) is 31.3 Å². The molecule has 0 amide bonds. The quantitative estimate of drug-likeness (QED) is 0.484. The van der Waals surface area contributed by atoms with Crippen LogP contribution in [0.1, 0.15) is 46.5 Å². The summed E-state index contributed by atoms with van der Waals surface area (Å²) in [5, 5.41) is 0. The molecule has 90 valence electrons. The van der Waals surface area contributed by atoms with E-state index in [0.29, 0.717) is 12.0 Å². The van der Waals surface area contributed by atoms with Crippen LogP contribution in [0.2, 0.25) is 0 Å². The van der Waals surface area contributed by atoms with Crippen molar-refractivity contribution in [3.8, 4) is 0 Å². The van der Waals surface area contributed by atoms with E-state index < -0.39 is 0 Å². The maximum atomic E-state index is 6.27. The molecule has 1 heterocycles. The Bertz CT molecular complexity index is 321. The zero-order valence-electron chi connectivity index (χ0n) is 10.8. The van der Waals surface area contributed by atoms with Crippen molar-refractivity contribution in [1.82, 2.24) is 0 Å². The Labute approximate surface area is 99.3 Å². The van der Waals surface area contributed by atoms with Gasteiger partial charge in [0.2, 0.25) is 0 Å². The van der Waals surface area contributed by atoms with Gasteiger partial charge in [0, 0.05) is 5.92 Å². The Morgan fingerprint density at radius 1 is 1.19 bits per heavy atom. The van der Waals surface area contributed by atoms with Crippen LogP contribution in [0.15, 0.2) is 12.2 Å². The first-order valence-electron chi connectivity index (χ1n) is 6.90. The van der Waals surface area contributed by atoms with E-state index in [2.05, 4.69) is 27.4 Å². The van der Waals surface area contributed by atoms with Gasteiger partial charge in [0.15, 0.2) is 0 Å². The summed E-state index contributed by atoms with van der Waals surface area (Å²) in [6, 6.07) is 0. The lowest BCUT2D eigenvalue weighted by Crippen LogP contribution is -2.31. The fourth-order valence-electron chi connectivity index (χ4n) is 4.55. The Balaban J connectivity index is 1.93. The third kappa shape index (κ3) is 1.21. The van der Waals surface area contributed by atoms with Crippen LogP contribution in [0.25, 0.3) is 0 Å². The van der Waals surface area contributed by atoms with E-state index in [0.717, 1.165) is 17.8 Å². The lowest BCUT2D eigenvalue weighted by molar-refractivity contribution is 0.151. The monoisotopic (exact) mass is 220 g/mol. The van der Waals surface area contributed by atoms with Gasteiger partial charge in [0.05, 0.1) is 6.10 Å². The van der Waals surface area contributed by atoms with Crippen molar-refractivity contribution in [2.24, 2.45) is 23.7 Å². The third-order valence-electron chi connectivity index (χ3n) is 5.60. The average Bonchev–Trinajstić information content (AvgIpc) is 2.85. The minimum Gasteiger partial charge on any atom is -0.365 e. The summed E-state index contributed by atoms with van der Waals surface area (Å²) in [5.74, 6) is 3.08. The second-order valence-electron chi connectivity index (χ2n) is 6.48. The minimum absolute atomic E-state index is 0.263. The molecule has 0 bridgehead atoms. The molecule has 3 rings (SSSR count). The van der Waals surface area contributed by atoms with Gasteiger partial charge >= 0.3 is 0 Å². The van der Waals surface area contributed by atoms with Crippen molar-refractivity contribution in [2.75, 3.05) is 0 Å². The fourth-order valence-corrected chi connectivity index (χ4v) is 4.55. The zero-order chi connectivity index (χ0) is 11.5. The van der Waals surface area contributed by atoms with Gasteiger partial charge in [-0.1, -0.05) is 26.0 Å². The predicted octanol–water partition coefficient (Wildman–Crippen LogP) is 3.79. The van der Waals surface area contributed by atoms with Gasteiger partial charge in [0.25, 0.3) is 0 Å². The molecule has 1 aliphatic heterocycles. The highest BCUT2D eigenvalue weighted by Gasteiger charge is 2.70. The molecule has 2 aliphatic carbocycles. The van der Waals surface area contributed by atoms with Crippen LogP contribution in [-0.2, 0) is 4.74 Å². The van der Waals surface area contributed by atoms with Crippen LogP contribution in [-0.4, -0.2) is 11.7 Å². The first-order chi connectivity index (χ1) is 7.57. The molecule has 0 aromatic carbocycles. The van der Waals surface area contributed by atoms with E-state index in [1.54, 1.807) is 0 Å². The molecule has 0 unspecified atom stereocenters. The highest BCUT2D eigenvalue weighted by atomic mass is 16.6. The summed E-state index contributed by atoms with van der Waals surface area (Å²) in [7, 11) is 0. The summed E-state index contributed by atoms with van der Waals surface area (Å²) in [6.45, 7) is 11.2. The van der Waals surface area contributed by atoms with Crippen LogP contribution >= 0.6 is 0 Å². The maximum Gasteiger partial charge on any atom is 0.101 e. The molecule has 1 nitrogen and oxygen atoms in total. The number of hydrogen-bond donors (Lipinski definition) is 0. The van der Waals surface area contributed by atoms with E-state index in [9.17, 15) is 0 Å². The molecule has 0 N–H and O–H groups in total. The molecule has 0 radical (unpaired) electrons. The molecule has 6 atom stereocenters. The van der Waals surface area contributed by atoms with Crippen LogP contribution in [0.4, 0.5) is 0 Å². The van der Waals surface area contributed by atoms with Crippen LogP contribution in [0.3, 0.4) is 0 Å². The van der Waals surface area contributed by atoms with Gasteiger partial charge in [-0.2, -0.15) is 0 Å². The molecular weight excluding hydrogens is 196 g/mol. The Morgan fingerprint density at radius 2 is 1.94 bits per heavy atom. The number of ether oxygens (including phenoxy) is 1. The molecule has 3 aliphatic rings. The Kier molecular flexibility index (Phi) is 2.27. The van der Waals surface area contributed by atoms with Gasteiger partial charge < -0.3 is 4.74 Å². The topological polar surface area (TPSA) is 12.5 Å². The lowest BCUT2D eigenvalue weighted by atomic mass is 9.79. The zero-order valence-corrected chi connectivity index (χ0v) is 10.8. The molecule has 3 fully saturated rings. The van der Waals surface area contributed by atoms with Gasteiger partial charge in [-0.3, -0.25) is 0 Å². The summed E-state index contributed by atoms with van der Waals surface area (Å²) in [5.41, 5.74) is 1.60. The highest BCUT2D eigenvalue weighted by molar-refractivity contribution is 5.22.